The minimum atomic E-state index is -0.794. The van der Waals surface area contributed by atoms with E-state index in [1.807, 2.05) is 13.8 Å². The Balaban J connectivity index is 1.73. The van der Waals surface area contributed by atoms with E-state index >= 15 is 0 Å². The normalized spacial score (nSPS) is 30.8. The van der Waals surface area contributed by atoms with E-state index in [4.69, 9.17) is 0 Å². The third-order valence-electron chi connectivity index (χ3n) is 4.95. The van der Waals surface area contributed by atoms with E-state index in [-0.39, 0.29) is 23.8 Å². The molecule has 0 aromatic carbocycles. The summed E-state index contributed by atoms with van der Waals surface area (Å²) in [7, 11) is 0. The number of nitrogens with one attached hydrogen (secondary N) is 2. The van der Waals surface area contributed by atoms with Crippen LogP contribution in [-0.4, -0.2) is 33.2 Å². The van der Waals surface area contributed by atoms with Crippen molar-refractivity contribution in [1.82, 2.24) is 15.5 Å². The molecule has 3 N–H and O–H groups in total. The molecule has 0 unspecified atom stereocenters. The topological polar surface area (TPSA) is 95.1 Å². The first-order valence-electron chi connectivity index (χ1n) is 7.56. The Morgan fingerprint density at radius 1 is 1.38 bits per heavy atom. The second-order valence-corrected chi connectivity index (χ2v) is 6.56. The molecule has 0 saturated heterocycles. The standard InChI is InChI=1S/C15H21N3O3/c1-7(2)10-6-11(18-17-10)14(19)16-13-9-4-3-8(5-9)12(13)15(20)21/h6-9,12-13H,3-5H2,1-2H3,(H,16,19)(H,17,18)(H,20,21)/t8-,9-,12-,13-/m0/s1. The molecule has 1 aromatic heterocycles. The third-order valence-corrected chi connectivity index (χ3v) is 4.95. The lowest BCUT2D eigenvalue weighted by molar-refractivity contribution is -0.144. The number of carbonyl (C=O) groups excluding carboxylic acids is 1. The van der Waals surface area contributed by atoms with Crippen LogP contribution in [0.5, 0.6) is 0 Å². The second-order valence-electron chi connectivity index (χ2n) is 6.56. The number of aromatic amines is 1. The Hall–Kier alpha value is -1.85. The number of rotatable bonds is 4. The molecule has 1 aromatic rings. The molecule has 1 amide bonds. The first-order valence-corrected chi connectivity index (χ1v) is 7.56. The monoisotopic (exact) mass is 291 g/mol. The molecule has 21 heavy (non-hydrogen) atoms. The van der Waals surface area contributed by atoms with E-state index < -0.39 is 11.9 Å². The Morgan fingerprint density at radius 3 is 2.71 bits per heavy atom. The van der Waals surface area contributed by atoms with Crippen LogP contribution in [0.3, 0.4) is 0 Å². The van der Waals surface area contributed by atoms with Crippen LogP contribution in [-0.2, 0) is 4.79 Å². The largest absolute Gasteiger partial charge is 0.481 e. The number of carboxylic acid groups (broad SMARTS) is 1. The Morgan fingerprint density at radius 2 is 2.10 bits per heavy atom. The Kier molecular flexibility index (Phi) is 3.47. The van der Waals surface area contributed by atoms with Crippen molar-refractivity contribution in [3.8, 4) is 0 Å². The minimum Gasteiger partial charge on any atom is -0.481 e. The van der Waals surface area contributed by atoms with Crippen LogP contribution in [0.25, 0.3) is 0 Å². The maximum atomic E-state index is 12.3. The molecule has 0 spiro atoms. The molecule has 3 rings (SSSR count). The van der Waals surface area contributed by atoms with Crippen LogP contribution in [0, 0.1) is 17.8 Å². The average molecular weight is 291 g/mol. The van der Waals surface area contributed by atoms with Crippen molar-refractivity contribution in [2.45, 2.75) is 45.1 Å². The van der Waals surface area contributed by atoms with Gasteiger partial charge in [0.05, 0.1) is 5.92 Å². The Bertz CT molecular complexity index is 566. The molecule has 2 saturated carbocycles. The van der Waals surface area contributed by atoms with Crippen LogP contribution in [0.2, 0.25) is 0 Å². The first-order chi connectivity index (χ1) is 9.97. The SMILES string of the molecule is CC(C)c1cc(C(=O)N[C@H]2[C@H]3CC[C@@H](C3)[C@@H]2C(=O)O)n[nH]1. The average Bonchev–Trinajstić information content (AvgIpc) is 3.13. The molecule has 2 aliphatic carbocycles. The lowest BCUT2D eigenvalue weighted by atomic mass is 9.84. The van der Waals surface area contributed by atoms with Crippen LogP contribution in [0.15, 0.2) is 6.07 Å². The molecular formula is C15H21N3O3. The minimum absolute atomic E-state index is 0.211. The highest BCUT2D eigenvalue weighted by Crippen LogP contribution is 2.48. The predicted octanol–water partition coefficient (Wildman–Crippen LogP) is 1.76. The van der Waals surface area contributed by atoms with Gasteiger partial charge in [-0.2, -0.15) is 5.10 Å². The quantitative estimate of drug-likeness (QED) is 0.787. The van der Waals surface area contributed by atoms with Gasteiger partial charge in [-0.3, -0.25) is 14.7 Å². The number of amides is 1. The number of fused-ring (bicyclic) bond motifs is 2. The zero-order valence-corrected chi connectivity index (χ0v) is 12.3. The van der Waals surface area contributed by atoms with Crippen LogP contribution in [0.1, 0.15) is 55.2 Å². The van der Waals surface area contributed by atoms with Crippen molar-refractivity contribution in [3.63, 3.8) is 0 Å². The molecule has 2 fully saturated rings. The van der Waals surface area contributed by atoms with E-state index in [2.05, 4.69) is 15.5 Å². The van der Waals surface area contributed by atoms with Gasteiger partial charge in [-0.1, -0.05) is 13.8 Å². The van der Waals surface area contributed by atoms with Gasteiger partial charge in [0.1, 0.15) is 5.69 Å². The van der Waals surface area contributed by atoms with Crippen LogP contribution < -0.4 is 5.32 Å². The molecule has 2 aliphatic rings. The summed E-state index contributed by atoms with van der Waals surface area (Å²) in [6.07, 6.45) is 2.89. The fraction of sp³-hybridized carbons (Fsp3) is 0.667. The smallest absolute Gasteiger partial charge is 0.308 e. The maximum Gasteiger partial charge on any atom is 0.308 e. The molecular weight excluding hydrogens is 270 g/mol. The Labute approximate surface area is 123 Å². The third kappa shape index (κ3) is 2.43. The highest BCUT2D eigenvalue weighted by atomic mass is 16.4. The molecule has 2 bridgehead atoms. The summed E-state index contributed by atoms with van der Waals surface area (Å²) >= 11 is 0. The summed E-state index contributed by atoms with van der Waals surface area (Å²) in [5.74, 6) is -0.740. The number of nitrogens with zero attached hydrogens (tertiary/aromatic N) is 1. The van der Waals surface area contributed by atoms with Gasteiger partial charge in [-0.15, -0.1) is 0 Å². The van der Waals surface area contributed by atoms with Crippen LogP contribution in [0.4, 0.5) is 0 Å². The van der Waals surface area contributed by atoms with E-state index in [1.54, 1.807) is 6.07 Å². The van der Waals surface area contributed by atoms with Gasteiger partial charge in [0.2, 0.25) is 0 Å². The zero-order valence-electron chi connectivity index (χ0n) is 12.3. The van der Waals surface area contributed by atoms with Gasteiger partial charge in [-0.25, -0.2) is 0 Å². The number of hydrogen-bond donors (Lipinski definition) is 3. The molecule has 4 atom stereocenters. The van der Waals surface area contributed by atoms with Crippen molar-refractivity contribution in [3.05, 3.63) is 17.5 Å². The molecule has 6 nitrogen and oxygen atoms in total. The van der Waals surface area contributed by atoms with Crippen LogP contribution >= 0.6 is 0 Å². The summed E-state index contributed by atoms with van der Waals surface area (Å²) in [4.78, 5) is 23.7. The van der Waals surface area contributed by atoms with Crippen molar-refractivity contribution < 1.29 is 14.7 Å². The van der Waals surface area contributed by atoms with E-state index in [1.165, 1.54) is 0 Å². The lowest BCUT2D eigenvalue weighted by Crippen LogP contribution is -2.46. The van der Waals surface area contributed by atoms with Crippen molar-refractivity contribution in [1.29, 1.82) is 0 Å². The first kappa shape index (κ1) is 14.1. The molecule has 6 heteroatoms. The van der Waals surface area contributed by atoms with Gasteiger partial charge in [0.25, 0.3) is 5.91 Å². The summed E-state index contributed by atoms with van der Waals surface area (Å²) in [6, 6.07) is 1.48. The molecule has 114 valence electrons. The zero-order chi connectivity index (χ0) is 15.1. The molecule has 0 aliphatic heterocycles. The highest BCUT2D eigenvalue weighted by molar-refractivity contribution is 5.93. The summed E-state index contributed by atoms with van der Waals surface area (Å²) < 4.78 is 0. The second kappa shape index (κ2) is 5.16. The number of carboxylic acids is 1. The van der Waals surface area contributed by atoms with E-state index in [0.717, 1.165) is 25.0 Å². The predicted molar refractivity (Wildman–Crippen MR) is 75.9 cm³/mol. The number of aliphatic carboxylic acids is 1. The van der Waals surface area contributed by atoms with E-state index in [0.29, 0.717) is 11.6 Å². The molecule has 0 radical (unpaired) electrons. The van der Waals surface area contributed by atoms with Gasteiger partial charge < -0.3 is 10.4 Å². The molecule has 1 heterocycles. The lowest BCUT2D eigenvalue weighted by Gasteiger charge is -2.28. The van der Waals surface area contributed by atoms with Gasteiger partial charge in [0.15, 0.2) is 0 Å². The van der Waals surface area contributed by atoms with Crippen molar-refractivity contribution in [2.75, 3.05) is 0 Å². The van der Waals surface area contributed by atoms with Gasteiger partial charge in [0, 0.05) is 11.7 Å². The number of H-pyrrole nitrogens is 1. The maximum absolute atomic E-state index is 12.3. The summed E-state index contributed by atoms with van der Waals surface area (Å²) in [5.41, 5.74) is 1.24. The van der Waals surface area contributed by atoms with E-state index in [9.17, 15) is 14.7 Å². The van der Waals surface area contributed by atoms with Gasteiger partial charge >= 0.3 is 5.97 Å². The number of hydrogen-bond acceptors (Lipinski definition) is 3. The fourth-order valence-corrected chi connectivity index (χ4v) is 3.83. The van der Waals surface area contributed by atoms with Crippen molar-refractivity contribution >= 4 is 11.9 Å². The fourth-order valence-electron chi connectivity index (χ4n) is 3.83. The van der Waals surface area contributed by atoms with Crippen molar-refractivity contribution in [2.24, 2.45) is 17.8 Å². The number of aromatic nitrogens is 2. The summed E-state index contributed by atoms with van der Waals surface area (Å²) in [6.45, 7) is 4.04. The highest BCUT2D eigenvalue weighted by Gasteiger charge is 2.51. The summed E-state index contributed by atoms with van der Waals surface area (Å²) in [5, 5.41) is 19.2. The number of carbonyl (C=O) groups is 2. The van der Waals surface area contributed by atoms with Gasteiger partial charge in [-0.05, 0) is 43.1 Å².